The summed E-state index contributed by atoms with van der Waals surface area (Å²) in [5.41, 5.74) is 2.67. The standard InChI is InChI=1S/C17H27N3OS/c1-17(2,3)15-14(22-11-19-15)16(21)20-8-6-13(7-9-20)18-10-12-4-5-12/h11-13,18H,4-10H2,1-3H3. The van der Waals surface area contributed by atoms with Crippen LogP contribution in [0.25, 0.3) is 0 Å². The van der Waals surface area contributed by atoms with Gasteiger partial charge in [0.25, 0.3) is 5.91 Å². The smallest absolute Gasteiger partial charge is 0.265 e. The zero-order valence-corrected chi connectivity index (χ0v) is 14.7. The SMILES string of the molecule is CC(C)(C)c1ncsc1C(=O)N1CCC(NCC2CC2)CC1. The molecule has 1 saturated heterocycles. The second-order valence-electron chi connectivity index (χ2n) is 7.70. The van der Waals surface area contributed by atoms with Crippen molar-refractivity contribution in [1.29, 1.82) is 0 Å². The quantitative estimate of drug-likeness (QED) is 0.927. The topological polar surface area (TPSA) is 45.2 Å². The van der Waals surface area contributed by atoms with E-state index in [-0.39, 0.29) is 11.3 Å². The van der Waals surface area contributed by atoms with Gasteiger partial charge in [0.1, 0.15) is 4.88 Å². The van der Waals surface area contributed by atoms with Gasteiger partial charge in [0, 0.05) is 24.5 Å². The second-order valence-corrected chi connectivity index (χ2v) is 8.55. The van der Waals surface area contributed by atoms with E-state index < -0.39 is 0 Å². The van der Waals surface area contributed by atoms with Crippen LogP contribution in [0, 0.1) is 5.92 Å². The highest BCUT2D eigenvalue weighted by Gasteiger charge is 2.30. The lowest BCUT2D eigenvalue weighted by Gasteiger charge is -2.33. The molecule has 0 bridgehead atoms. The largest absolute Gasteiger partial charge is 0.338 e. The van der Waals surface area contributed by atoms with Crippen molar-refractivity contribution in [1.82, 2.24) is 15.2 Å². The molecule has 22 heavy (non-hydrogen) atoms. The van der Waals surface area contributed by atoms with Crippen LogP contribution in [0.4, 0.5) is 0 Å². The molecular formula is C17H27N3OS. The van der Waals surface area contributed by atoms with Gasteiger partial charge in [-0.05, 0) is 38.1 Å². The third-order valence-corrected chi connectivity index (χ3v) is 5.46. The van der Waals surface area contributed by atoms with Gasteiger partial charge in [-0.15, -0.1) is 11.3 Å². The molecule has 1 aliphatic carbocycles. The number of piperidine rings is 1. The van der Waals surface area contributed by atoms with Gasteiger partial charge >= 0.3 is 0 Å². The zero-order valence-electron chi connectivity index (χ0n) is 13.9. The van der Waals surface area contributed by atoms with Crippen LogP contribution in [0.5, 0.6) is 0 Å². The number of nitrogens with one attached hydrogen (secondary N) is 1. The summed E-state index contributed by atoms with van der Waals surface area (Å²) in [4.78, 5) is 20.1. The Hall–Kier alpha value is -0.940. The number of amides is 1. The van der Waals surface area contributed by atoms with Crippen LogP contribution < -0.4 is 5.32 Å². The van der Waals surface area contributed by atoms with Gasteiger partial charge in [-0.3, -0.25) is 4.79 Å². The highest BCUT2D eigenvalue weighted by atomic mass is 32.1. The van der Waals surface area contributed by atoms with Crippen LogP contribution in [0.1, 0.15) is 61.8 Å². The summed E-state index contributed by atoms with van der Waals surface area (Å²) in [7, 11) is 0. The Labute approximate surface area is 137 Å². The molecule has 122 valence electrons. The maximum absolute atomic E-state index is 12.8. The normalized spacial score (nSPS) is 20.4. The number of aromatic nitrogens is 1. The van der Waals surface area contributed by atoms with Crippen molar-refractivity contribution in [3.8, 4) is 0 Å². The number of carbonyl (C=O) groups is 1. The summed E-state index contributed by atoms with van der Waals surface area (Å²) in [5, 5.41) is 3.67. The molecular weight excluding hydrogens is 294 g/mol. The monoisotopic (exact) mass is 321 g/mol. The third-order valence-electron chi connectivity index (χ3n) is 4.65. The fraction of sp³-hybridized carbons (Fsp3) is 0.765. The van der Waals surface area contributed by atoms with E-state index in [1.54, 1.807) is 5.51 Å². The molecule has 2 fully saturated rings. The van der Waals surface area contributed by atoms with E-state index in [0.717, 1.165) is 42.4 Å². The number of hydrogen-bond donors (Lipinski definition) is 1. The Balaban J connectivity index is 1.56. The first-order valence-corrected chi connectivity index (χ1v) is 9.29. The molecule has 1 N–H and O–H groups in total. The predicted molar refractivity (Wildman–Crippen MR) is 90.5 cm³/mol. The molecule has 4 nitrogen and oxygen atoms in total. The highest BCUT2D eigenvalue weighted by Crippen LogP contribution is 2.30. The molecule has 2 aliphatic rings. The van der Waals surface area contributed by atoms with Crippen molar-refractivity contribution in [3.05, 3.63) is 16.1 Å². The van der Waals surface area contributed by atoms with Gasteiger partial charge in [0.15, 0.2) is 0 Å². The Morgan fingerprint density at radius 2 is 2.00 bits per heavy atom. The lowest BCUT2D eigenvalue weighted by Crippen LogP contribution is -2.45. The number of thiazole rings is 1. The first kappa shape index (κ1) is 15.9. The highest BCUT2D eigenvalue weighted by molar-refractivity contribution is 7.11. The van der Waals surface area contributed by atoms with Gasteiger partial charge in [0.2, 0.25) is 0 Å². The van der Waals surface area contributed by atoms with Crippen molar-refractivity contribution < 1.29 is 4.79 Å². The maximum atomic E-state index is 12.8. The fourth-order valence-corrected chi connectivity index (χ4v) is 3.98. The van der Waals surface area contributed by atoms with Crippen molar-refractivity contribution >= 4 is 17.2 Å². The van der Waals surface area contributed by atoms with E-state index in [4.69, 9.17) is 0 Å². The van der Waals surface area contributed by atoms with E-state index in [9.17, 15) is 4.79 Å². The summed E-state index contributed by atoms with van der Waals surface area (Å²) in [5.74, 6) is 1.10. The van der Waals surface area contributed by atoms with Crippen molar-refractivity contribution in [3.63, 3.8) is 0 Å². The van der Waals surface area contributed by atoms with Crippen molar-refractivity contribution in [2.75, 3.05) is 19.6 Å². The molecule has 0 aromatic carbocycles. The molecule has 1 aromatic heterocycles. The number of likely N-dealkylation sites (tertiary alicyclic amines) is 1. The maximum Gasteiger partial charge on any atom is 0.265 e. The Kier molecular flexibility index (Phi) is 4.55. The van der Waals surface area contributed by atoms with E-state index in [0.29, 0.717) is 6.04 Å². The molecule has 3 rings (SSSR count). The minimum atomic E-state index is -0.0743. The summed E-state index contributed by atoms with van der Waals surface area (Å²) in [6, 6.07) is 0.591. The molecule has 0 radical (unpaired) electrons. The molecule has 5 heteroatoms. The van der Waals surface area contributed by atoms with Gasteiger partial charge in [-0.25, -0.2) is 4.98 Å². The van der Waals surface area contributed by atoms with Crippen molar-refractivity contribution in [2.45, 2.75) is 57.9 Å². The van der Waals surface area contributed by atoms with Gasteiger partial charge in [0.05, 0.1) is 11.2 Å². The van der Waals surface area contributed by atoms with Crippen LogP contribution in [-0.2, 0) is 5.41 Å². The van der Waals surface area contributed by atoms with Crippen LogP contribution in [-0.4, -0.2) is 41.5 Å². The van der Waals surface area contributed by atoms with Crippen LogP contribution in [0.3, 0.4) is 0 Å². The lowest BCUT2D eigenvalue weighted by atomic mass is 9.91. The molecule has 1 amide bonds. The van der Waals surface area contributed by atoms with Gasteiger partial charge in [-0.1, -0.05) is 20.8 Å². The first-order chi connectivity index (χ1) is 10.4. The number of carbonyl (C=O) groups excluding carboxylic acids is 1. The van der Waals surface area contributed by atoms with Crippen molar-refractivity contribution in [2.24, 2.45) is 5.92 Å². The van der Waals surface area contributed by atoms with E-state index in [1.807, 2.05) is 4.90 Å². The number of nitrogens with zero attached hydrogens (tertiary/aromatic N) is 2. The molecule has 0 spiro atoms. The minimum absolute atomic E-state index is 0.0743. The molecule has 1 aliphatic heterocycles. The average molecular weight is 321 g/mol. The fourth-order valence-electron chi connectivity index (χ4n) is 3.02. The first-order valence-electron chi connectivity index (χ1n) is 8.42. The average Bonchev–Trinajstić information content (AvgIpc) is 3.17. The Bertz CT molecular complexity index is 522. The summed E-state index contributed by atoms with van der Waals surface area (Å²) in [6.07, 6.45) is 4.93. The molecule has 2 heterocycles. The Morgan fingerprint density at radius 3 is 2.59 bits per heavy atom. The third kappa shape index (κ3) is 3.69. The van der Waals surface area contributed by atoms with Gasteiger partial charge in [-0.2, -0.15) is 0 Å². The molecule has 0 unspecified atom stereocenters. The zero-order chi connectivity index (χ0) is 15.7. The number of rotatable bonds is 4. The second kappa shape index (κ2) is 6.28. The minimum Gasteiger partial charge on any atom is -0.338 e. The van der Waals surface area contributed by atoms with Crippen LogP contribution in [0.2, 0.25) is 0 Å². The van der Waals surface area contributed by atoms with E-state index in [1.165, 1.54) is 30.7 Å². The lowest BCUT2D eigenvalue weighted by molar-refractivity contribution is 0.0707. The molecule has 1 aromatic rings. The van der Waals surface area contributed by atoms with E-state index >= 15 is 0 Å². The van der Waals surface area contributed by atoms with E-state index in [2.05, 4.69) is 31.1 Å². The summed E-state index contributed by atoms with van der Waals surface area (Å²) in [6.45, 7) is 9.25. The number of hydrogen-bond acceptors (Lipinski definition) is 4. The van der Waals surface area contributed by atoms with Gasteiger partial charge < -0.3 is 10.2 Å². The Morgan fingerprint density at radius 1 is 1.32 bits per heavy atom. The van der Waals surface area contributed by atoms with Crippen LogP contribution in [0.15, 0.2) is 5.51 Å². The summed E-state index contributed by atoms with van der Waals surface area (Å²) < 4.78 is 0. The summed E-state index contributed by atoms with van der Waals surface area (Å²) >= 11 is 1.48. The molecule has 1 saturated carbocycles. The predicted octanol–water partition coefficient (Wildman–Crippen LogP) is 3.04. The molecule has 0 atom stereocenters. The van der Waals surface area contributed by atoms with Crippen LogP contribution >= 0.6 is 11.3 Å².